The number of methoxy groups -OCH3 is 2. The van der Waals surface area contributed by atoms with Gasteiger partial charge in [-0.15, -0.1) is 0 Å². The van der Waals surface area contributed by atoms with E-state index in [1.165, 1.54) is 26.6 Å². The minimum absolute atomic E-state index is 0.358. The van der Waals surface area contributed by atoms with Crippen LogP contribution in [0.1, 0.15) is 15.9 Å². The first-order valence-electron chi connectivity index (χ1n) is 6.30. The minimum Gasteiger partial charge on any atom is -0.496 e. The van der Waals surface area contributed by atoms with Crippen LogP contribution in [-0.2, 0) is 0 Å². The third-order valence-corrected chi connectivity index (χ3v) is 3.09. The summed E-state index contributed by atoms with van der Waals surface area (Å²) < 4.78 is 10.3. The molecule has 1 aromatic carbocycles. The van der Waals surface area contributed by atoms with E-state index in [-0.39, 0.29) is 5.91 Å². The standard InChI is InChI=1S/C15H14ClN3O3/c1-21-13-7-14(22-2)12(16)6-11(13)9-18-19-15(20)10-4-3-5-17-8-10/h3-9H,1-2H3,(H,19,20)/b18-9-. The van der Waals surface area contributed by atoms with Gasteiger partial charge in [0.2, 0.25) is 0 Å². The minimum atomic E-state index is -0.358. The van der Waals surface area contributed by atoms with Gasteiger partial charge in [0.1, 0.15) is 11.5 Å². The molecule has 1 amide bonds. The average molecular weight is 320 g/mol. The van der Waals surface area contributed by atoms with Gasteiger partial charge in [0.05, 0.1) is 31.0 Å². The van der Waals surface area contributed by atoms with E-state index in [4.69, 9.17) is 21.1 Å². The fourth-order valence-electron chi connectivity index (χ4n) is 1.71. The van der Waals surface area contributed by atoms with Gasteiger partial charge in [0.15, 0.2) is 0 Å². The van der Waals surface area contributed by atoms with Crippen molar-refractivity contribution in [1.29, 1.82) is 0 Å². The highest BCUT2D eigenvalue weighted by Crippen LogP contribution is 2.31. The van der Waals surface area contributed by atoms with E-state index >= 15 is 0 Å². The molecule has 0 saturated carbocycles. The summed E-state index contributed by atoms with van der Waals surface area (Å²) in [4.78, 5) is 15.7. The SMILES string of the molecule is COc1cc(OC)c(/C=N\NC(=O)c2cccnc2)cc1Cl. The lowest BCUT2D eigenvalue weighted by Gasteiger charge is -2.09. The summed E-state index contributed by atoms with van der Waals surface area (Å²) in [5.41, 5.74) is 3.43. The Bertz CT molecular complexity index is 690. The lowest BCUT2D eigenvalue weighted by molar-refractivity contribution is 0.0955. The molecule has 1 N–H and O–H groups in total. The van der Waals surface area contributed by atoms with Crippen molar-refractivity contribution in [3.8, 4) is 11.5 Å². The van der Waals surface area contributed by atoms with Gasteiger partial charge in [-0.2, -0.15) is 5.10 Å². The van der Waals surface area contributed by atoms with E-state index < -0.39 is 0 Å². The maximum Gasteiger partial charge on any atom is 0.272 e. The summed E-state index contributed by atoms with van der Waals surface area (Å²) >= 11 is 6.06. The second kappa shape index (κ2) is 7.42. The predicted molar refractivity (Wildman–Crippen MR) is 83.9 cm³/mol. The fraction of sp³-hybridized carbons (Fsp3) is 0.133. The molecule has 114 valence electrons. The number of amides is 1. The molecule has 0 saturated heterocycles. The number of halogens is 1. The van der Waals surface area contributed by atoms with Crippen molar-refractivity contribution >= 4 is 23.7 Å². The molecule has 0 aliphatic carbocycles. The highest BCUT2D eigenvalue weighted by molar-refractivity contribution is 6.32. The average Bonchev–Trinajstić information content (AvgIpc) is 2.55. The molecule has 0 atom stereocenters. The monoisotopic (exact) mass is 319 g/mol. The summed E-state index contributed by atoms with van der Waals surface area (Å²) in [5.74, 6) is 0.665. The van der Waals surface area contributed by atoms with Gasteiger partial charge in [0, 0.05) is 24.0 Å². The molecule has 7 heteroatoms. The van der Waals surface area contributed by atoms with Crippen molar-refractivity contribution in [2.45, 2.75) is 0 Å². The van der Waals surface area contributed by atoms with Crippen molar-refractivity contribution in [2.24, 2.45) is 5.10 Å². The quantitative estimate of drug-likeness (QED) is 0.679. The van der Waals surface area contributed by atoms with Gasteiger partial charge >= 0.3 is 0 Å². The molecule has 2 aromatic rings. The van der Waals surface area contributed by atoms with Crippen LogP contribution in [0.5, 0.6) is 11.5 Å². The zero-order valence-electron chi connectivity index (χ0n) is 12.0. The molecule has 1 heterocycles. The van der Waals surface area contributed by atoms with Crippen LogP contribution in [0.25, 0.3) is 0 Å². The molecule has 1 aromatic heterocycles. The van der Waals surface area contributed by atoms with Crippen molar-refractivity contribution in [3.05, 3.63) is 52.8 Å². The molecular formula is C15H14ClN3O3. The first kappa shape index (κ1) is 15.8. The van der Waals surface area contributed by atoms with Crippen LogP contribution in [0.2, 0.25) is 5.02 Å². The zero-order valence-corrected chi connectivity index (χ0v) is 12.8. The Balaban J connectivity index is 2.13. The Labute approximate surface area is 132 Å². The number of hydrogen-bond donors (Lipinski definition) is 1. The fourth-order valence-corrected chi connectivity index (χ4v) is 1.96. The number of hydrazone groups is 1. The highest BCUT2D eigenvalue weighted by atomic mass is 35.5. The number of pyridine rings is 1. The summed E-state index contributed by atoms with van der Waals surface area (Å²) in [6.07, 6.45) is 4.48. The number of nitrogens with zero attached hydrogens (tertiary/aromatic N) is 2. The molecule has 0 spiro atoms. The maximum atomic E-state index is 11.8. The lowest BCUT2D eigenvalue weighted by Crippen LogP contribution is -2.17. The summed E-state index contributed by atoms with van der Waals surface area (Å²) in [5, 5.41) is 4.31. The van der Waals surface area contributed by atoms with E-state index in [0.717, 1.165) is 0 Å². The number of benzene rings is 1. The van der Waals surface area contributed by atoms with E-state index in [1.807, 2.05) is 0 Å². The molecule has 0 fully saturated rings. The van der Waals surface area contributed by atoms with Crippen LogP contribution in [0.3, 0.4) is 0 Å². The molecule has 6 nitrogen and oxygen atoms in total. The summed E-state index contributed by atoms with van der Waals surface area (Å²) in [6, 6.07) is 6.60. The van der Waals surface area contributed by atoms with Gasteiger partial charge in [-0.25, -0.2) is 5.43 Å². The Morgan fingerprint density at radius 3 is 2.73 bits per heavy atom. The van der Waals surface area contributed by atoms with Crippen molar-refractivity contribution in [2.75, 3.05) is 14.2 Å². The van der Waals surface area contributed by atoms with Crippen LogP contribution < -0.4 is 14.9 Å². The number of ether oxygens (including phenoxy) is 2. The second-order valence-corrected chi connectivity index (χ2v) is 4.58. The Morgan fingerprint density at radius 2 is 2.09 bits per heavy atom. The van der Waals surface area contributed by atoms with E-state index in [2.05, 4.69) is 15.5 Å². The Hall–Kier alpha value is -2.60. The number of rotatable bonds is 5. The predicted octanol–water partition coefficient (Wildman–Crippen LogP) is 2.52. The Kier molecular flexibility index (Phi) is 5.32. The first-order chi connectivity index (χ1) is 10.7. The van der Waals surface area contributed by atoms with E-state index in [1.54, 1.807) is 30.5 Å². The number of carbonyl (C=O) groups is 1. The molecule has 2 rings (SSSR count). The molecule has 0 aliphatic rings. The second-order valence-electron chi connectivity index (χ2n) is 4.17. The van der Waals surface area contributed by atoms with Crippen LogP contribution in [0, 0.1) is 0 Å². The van der Waals surface area contributed by atoms with Gasteiger partial charge in [-0.1, -0.05) is 11.6 Å². The summed E-state index contributed by atoms with van der Waals surface area (Å²) in [6.45, 7) is 0. The van der Waals surface area contributed by atoms with Gasteiger partial charge in [-0.3, -0.25) is 9.78 Å². The lowest BCUT2D eigenvalue weighted by atomic mass is 10.2. The third kappa shape index (κ3) is 3.73. The van der Waals surface area contributed by atoms with E-state index in [9.17, 15) is 4.79 Å². The smallest absolute Gasteiger partial charge is 0.272 e. The maximum absolute atomic E-state index is 11.8. The van der Waals surface area contributed by atoms with Crippen LogP contribution in [-0.4, -0.2) is 31.3 Å². The van der Waals surface area contributed by atoms with Crippen molar-refractivity contribution < 1.29 is 14.3 Å². The molecule has 22 heavy (non-hydrogen) atoms. The topological polar surface area (TPSA) is 72.8 Å². The number of nitrogens with one attached hydrogen (secondary N) is 1. The molecule has 0 aliphatic heterocycles. The first-order valence-corrected chi connectivity index (χ1v) is 6.68. The van der Waals surface area contributed by atoms with E-state index in [0.29, 0.717) is 27.6 Å². The van der Waals surface area contributed by atoms with Gasteiger partial charge in [-0.05, 0) is 18.2 Å². The van der Waals surface area contributed by atoms with Crippen molar-refractivity contribution in [3.63, 3.8) is 0 Å². The zero-order chi connectivity index (χ0) is 15.9. The van der Waals surface area contributed by atoms with Crippen LogP contribution in [0.15, 0.2) is 41.8 Å². The van der Waals surface area contributed by atoms with Gasteiger partial charge < -0.3 is 9.47 Å². The van der Waals surface area contributed by atoms with Crippen LogP contribution in [0.4, 0.5) is 0 Å². The molecular weight excluding hydrogens is 306 g/mol. The largest absolute Gasteiger partial charge is 0.496 e. The van der Waals surface area contributed by atoms with Crippen molar-refractivity contribution in [1.82, 2.24) is 10.4 Å². The molecule has 0 radical (unpaired) electrons. The summed E-state index contributed by atoms with van der Waals surface area (Å²) in [7, 11) is 3.04. The highest BCUT2D eigenvalue weighted by Gasteiger charge is 2.09. The Morgan fingerprint density at radius 1 is 1.32 bits per heavy atom. The third-order valence-electron chi connectivity index (χ3n) is 2.80. The number of hydrogen-bond acceptors (Lipinski definition) is 5. The molecule has 0 bridgehead atoms. The number of carbonyl (C=O) groups excluding carboxylic acids is 1. The van der Waals surface area contributed by atoms with Crippen LogP contribution >= 0.6 is 11.6 Å². The van der Waals surface area contributed by atoms with Gasteiger partial charge in [0.25, 0.3) is 5.91 Å². The molecule has 0 unspecified atom stereocenters. The number of aromatic nitrogens is 1. The normalized spacial score (nSPS) is 10.5.